The normalized spacial score (nSPS) is 10.6. The summed E-state index contributed by atoms with van der Waals surface area (Å²) in [5, 5.41) is 10.6. The molecule has 9 heteroatoms. The summed E-state index contributed by atoms with van der Waals surface area (Å²) < 4.78 is 30.3. The van der Waals surface area contributed by atoms with E-state index in [1.165, 1.54) is 19.2 Å². The van der Waals surface area contributed by atoms with Crippen LogP contribution in [0.25, 0.3) is 11.3 Å². The van der Waals surface area contributed by atoms with Crippen LogP contribution in [0.2, 0.25) is 5.02 Å². The zero-order valence-corrected chi connectivity index (χ0v) is 15.9. The Morgan fingerprint density at radius 2 is 2.00 bits per heavy atom. The number of ether oxygens (including phenoxy) is 3. The van der Waals surface area contributed by atoms with Crippen LogP contribution in [0.1, 0.15) is 23.0 Å². The number of hydrogen-bond acceptors (Lipinski definition) is 6. The molecule has 0 atom stereocenters. The van der Waals surface area contributed by atoms with E-state index in [-0.39, 0.29) is 40.9 Å². The lowest BCUT2D eigenvalue weighted by Crippen LogP contribution is -2.08. The first-order chi connectivity index (χ1) is 13.6. The van der Waals surface area contributed by atoms with Crippen LogP contribution in [0.15, 0.2) is 36.4 Å². The molecule has 28 heavy (non-hydrogen) atoms. The molecular formula is C19H17ClFN3O4. The highest BCUT2D eigenvalue weighted by Gasteiger charge is 2.24. The van der Waals surface area contributed by atoms with Crippen molar-refractivity contribution in [3.8, 4) is 22.8 Å². The molecule has 0 saturated carbocycles. The van der Waals surface area contributed by atoms with Gasteiger partial charge < -0.3 is 14.2 Å². The molecular weight excluding hydrogens is 389 g/mol. The third kappa shape index (κ3) is 3.91. The van der Waals surface area contributed by atoms with E-state index in [4.69, 9.17) is 25.8 Å². The zero-order valence-electron chi connectivity index (χ0n) is 15.2. The first kappa shape index (κ1) is 19.6. The fraction of sp³-hybridized carbons (Fsp3) is 0.211. The highest BCUT2D eigenvalue weighted by molar-refractivity contribution is 6.31. The number of aromatic amines is 1. The first-order valence-electron chi connectivity index (χ1n) is 8.37. The summed E-state index contributed by atoms with van der Waals surface area (Å²) in [6, 6.07) is 9.44. The lowest BCUT2D eigenvalue weighted by Gasteiger charge is -2.15. The number of hydrogen-bond donors (Lipinski definition) is 1. The minimum absolute atomic E-state index is 0.00359. The fourth-order valence-electron chi connectivity index (χ4n) is 2.59. The SMILES string of the molecule is CCOC(=O)c1n[nH]nc1-c1cccc(OC)c1OCc1c(F)cccc1Cl. The number of benzene rings is 2. The molecule has 0 aliphatic heterocycles. The van der Waals surface area contributed by atoms with Gasteiger partial charge in [0, 0.05) is 5.56 Å². The molecule has 1 heterocycles. The second-order valence-electron chi connectivity index (χ2n) is 5.57. The summed E-state index contributed by atoms with van der Waals surface area (Å²) in [6.45, 7) is 1.74. The Balaban J connectivity index is 2.01. The highest BCUT2D eigenvalue weighted by atomic mass is 35.5. The smallest absolute Gasteiger partial charge is 0.361 e. The number of para-hydroxylation sites is 1. The minimum Gasteiger partial charge on any atom is -0.493 e. The van der Waals surface area contributed by atoms with E-state index in [0.29, 0.717) is 11.3 Å². The predicted molar refractivity (Wildman–Crippen MR) is 100 cm³/mol. The molecule has 1 aromatic heterocycles. The molecule has 0 aliphatic carbocycles. The lowest BCUT2D eigenvalue weighted by molar-refractivity contribution is 0.0520. The van der Waals surface area contributed by atoms with E-state index in [9.17, 15) is 9.18 Å². The number of carbonyl (C=O) groups is 1. The summed E-state index contributed by atoms with van der Waals surface area (Å²) in [5.41, 5.74) is 0.867. The molecule has 0 saturated heterocycles. The van der Waals surface area contributed by atoms with E-state index in [0.717, 1.165) is 0 Å². The van der Waals surface area contributed by atoms with Gasteiger partial charge in [-0.15, -0.1) is 5.10 Å². The largest absolute Gasteiger partial charge is 0.493 e. The van der Waals surface area contributed by atoms with Crippen LogP contribution in [0, 0.1) is 5.82 Å². The first-order valence-corrected chi connectivity index (χ1v) is 8.75. The zero-order chi connectivity index (χ0) is 20.1. The van der Waals surface area contributed by atoms with Gasteiger partial charge in [-0.25, -0.2) is 9.18 Å². The van der Waals surface area contributed by atoms with Crippen molar-refractivity contribution in [2.24, 2.45) is 0 Å². The van der Waals surface area contributed by atoms with Gasteiger partial charge in [0.05, 0.1) is 24.3 Å². The Morgan fingerprint density at radius 3 is 2.71 bits per heavy atom. The molecule has 7 nitrogen and oxygen atoms in total. The number of halogens is 2. The molecule has 3 aromatic rings. The average Bonchev–Trinajstić information content (AvgIpc) is 3.17. The summed E-state index contributed by atoms with van der Waals surface area (Å²) in [4.78, 5) is 12.2. The summed E-state index contributed by atoms with van der Waals surface area (Å²) >= 11 is 6.07. The Kier molecular flexibility index (Phi) is 6.10. The standard InChI is InChI=1S/C19H17ClFN3O4/c1-3-27-19(25)17-16(22-24-23-17)11-6-4-9-15(26-2)18(11)28-10-12-13(20)7-5-8-14(12)21/h4-9H,3,10H2,1-2H3,(H,22,23,24). The fourth-order valence-corrected chi connectivity index (χ4v) is 2.80. The van der Waals surface area contributed by atoms with Crippen molar-refractivity contribution in [3.63, 3.8) is 0 Å². The number of nitrogens with one attached hydrogen (secondary N) is 1. The van der Waals surface area contributed by atoms with Crippen molar-refractivity contribution in [3.05, 3.63) is 58.5 Å². The number of methoxy groups -OCH3 is 1. The van der Waals surface area contributed by atoms with Gasteiger partial charge in [-0.1, -0.05) is 23.7 Å². The van der Waals surface area contributed by atoms with Crippen molar-refractivity contribution in [2.75, 3.05) is 13.7 Å². The van der Waals surface area contributed by atoms with E-state index >= 15 is 0 Å². The molecule has 2 aromatic carbocycles. The van der Waals surface area contributed by atoms with Crippen molar-refractivity contribution >= 4 is 17.6 Å². The van der Waals surface area contributed by atoms with E-state index < -0.39 is 11.8 Å². The van der Waals surface area contributed by atoms with Crippen molar-refractivity contribution in [2.45, 2.75) is 13.5 Å². The van der Waals surface area contributed by atoms with E-state index in [1.807, 2.05) is 0 Å². The quantitative estimate of drug-likeness (QED) is 0.597. The minimum atomic E-state index is -0.628. The number of rotatable bonds is 7. The average molecular weight is 406 g/mol. The molecule has 0 radical (unpaired) electrons. The van der Waals surface area contributed by atoms with Gasteiger partial charge in [0.1, 0.15) is 18.1 Å². The van der Waals surface area contributed by atoms with Gasteiger partial charge in [-0.3, -0.25) is 0 Å². The molecule has 0 amide bonds. The van der Waals surface area contributed by atoms with Crippen LogP contribution in [0.4, 0.5) is 4.39 Å². The number of carbonyl (C=O) groups excluding carboxylic acids is 1. The van der Waals surface area contributed by atoms with Gasteiger partial charge in [0.15, 0.2) is 17.2 Å². The third-order valence-electron chi connectivity index (χ3n) is 3.89. The van der Waals surface area contributed by atoms with Gasteiger partial charge in [0.2, 0.25) is 0 Å². The molecule has 0 aliphatic rings. The monoisotopic (exact) mass is 405 g/mol. The Morgan fingerprint density at radius 1 is 1.21 bits per heavy atom. The third-order valence-corrected chi connectivity index (χ3v) is 4.25. The van der Waals surface area contributed by atoms with Crippen LogP contribution in [0.5, 0.6) is 11.5 Å². The number of aromatic nitrogens is 3. The number of H-pyrrole nitrogens is 1. The van der Waals surface area contributed by atoms with E-state index in [1.54, 1.807) is 31.2 Å². The summed E-state index contributed by atoms with van der Waals surface area (Å²) in [6.07, 6.45) is 0. The second-order valence-corrected chi connectivity index (χ2v) is 5.97. The van der Waals surface area contributed by atoms with E-state index in [2.05, 4.69) is 15.4 Å². The van der Waals surface area contributed by atoms with Crippen LogP contribution in [0.3, 0.4) is 0 Å². The molecule has 0 fully saturated rings. The van der Waals surface area contributed by atoms with Crippen LogP contribution < -0.4 is 9.47 Å². The molecule has 3 rings (SSSR count). The molecule has 146 valence electrons. The van der Waals surface area contributed by atoms with Crippen LogP contribution >= 0.6 is 11.6 Å². The summed E-state index contributed by atoms with van der Waals surface area (Å²) in [5.74, 6) is -0.471. The summed E-state index contributed by atoms with van der Waals surface area (Å²) in [7, 11) is 1.47. The topological polar surface area (TPSA) is 86.3 Å². The predicted octanol–water partition coefficient (Wildman–Crippen LogP) is 4.03. The lowest BCUT2D eigenvalue weighted by atomic mass is 10.1. The Bertz CT molecular complexity index is 973. The van der Waals surface area contributed by atoms with Crippen molar-refractivity contribution in [1.82, 2.24) is 15.4 Å². The Labute approximate surface area is 165 Å². The second kappa shape index (κ2) is 8.71. The van der Waals surface area contributed by atoms with Crippen LogP contribution in [-0.4, -0.2) is 35.1 Å². The number of nitrogens with zero attached hydrogens (tertiary/aromatic N) is 2. The molecule has 0 unspecified atom stereocenters. The maximum atomic E-state index is 14.1. The maximum absolute atomic E-state index is 14.1. The van der Waals surface area contributed by atoms with Crippen LogP contribution in [-0.2, 0) is 11.3 Å². The van der Waals surface area contributed by atoms with Gasteiger partial charge in [0.25, 0.3) is 0 Å². The highest BCUT2D eigenvalue weighted by Crippen LogP contribution is 2.39. The maximum Gasteiger partial charge on any atom is 0.361 e. The van der Waals surface area contributed by atoms with Gasteiger partial charge >= 0.3 is 5.97 Å². The number of esters is 1. The Hall–Kier alpha value is -3.13. The van der Waals surface area contributed by atoms with Crippen molar-refractivity contribution in [1.29, 1.82) is 0 Å². The molecule has 1 N–H and O–H groups in total. The van der Waals surface area contributed by atoms with Crippen molar-refractivity contribution < 1.29 is 23.4 Å². The molecule has 0 bridgehead atoms. The van der Waals surface area contributed by atoms with Gasteiger partial charge in [-0.05, 0) is 31.2 Å². The molecule has 0 spiro atoms. The van der Waals surface area contributed by atoms with Gasteiger partial charge in [-0.2, -0.15) is 10.3 Å².